The summed E-state index contributed by atoms with van der Waals surface area (Å²) in [6.07, 6.45) is 1.83. The molecule has 2 aromatic carbocycles. The molecule has 2 N–H and O–H groups in total. The molecule has 1 saturated heterocycles. The molecule has 1 aliphatic heterocycles. The Labute approximate surface area is 260 Å². The molecule has 5 rings (SSSR count). The number of nitrogens with zero attached hydrogens (tertiary/aromatic N) is 4. The summed E-state index contributed by atoms with van der Waals surface area (Å²) in [7, 11) is 0. The first-order valence-electron chi connectivity index (χ1n) is 15.1. The van der Waals surface area contributed by atoms with Gasteiger partial charge in [0.15, 0.2) is 5.11 Å². The van der Waals surface area contributed by atoms with Crippen molar-refractivity contribution >= 4 is 40.3 Å². The van der Waals surface area contributed by atoms with Crippen LogP contribution in [0.1, 0.15) is 68.0 Å². The fraction of sp³-hybridized carbons (Fsp3) is 0.343. The maximum Gasteiger partial charge on any atom is 0.226 e. The van der Waals surface area contributed by atoms with Gasteiger partial charge < -0.3 is 25.0 Å². The Balaban J connectivity index is 1.58. The van der Waals surface area contributed by atoms with E-state index in [1.807, 2.05) is 51.2 Å². The molecule has 0 saturated carbocycles. The van der Waals surface area contributed by atoms with E-state index in [1.54, 1.807) is 0 Å². The van der Waals surface area contributed by atoms with Crippen molar-refractivity contribution in [3.05, 3.63) is 101 Å². The lowest BCUT2D eigenvalue weighted by atomic mass is 9.96. The average molecular weight is 595 g/mol. The van der Waals surface area contributed by atoms with E-state index in [4.69, 9.17) is 17.2 Å². The topological polar surface area (TPSA) is 65.4 Å². The largest absolute Gasteiger partial charge is 0.372 e. The van der Waals surface area contributed by atoms with E-state index in [9.17, 15) is 4.79 Å². The molecule has 8 heteroatoms. The number of rotatable bonds is 9. The summed E-state index contributed by atoms with van der Waals surface area (Å²) in [5.41, 5.74) is 9.55. The highest BCUT2D eigenvalue weighted by molar-refractivity contribution is 7.80. The Morgan fingerprint density at radius 1 is 1.00 bits per heavy atom. The predicted octanol–water partition coefficient (Wildman–Crippen LogP) is 7.42. The van der Waals surface area contributed by atoms with Gasteiger partial charge in [-0.3, -0.25) is 9.78 Å². The zero-order valence-corrected chi connectivity index (χ0v) is 27.0. The molecule has 224 valence electrons. The van der Waals surface area contributed by atoms with E-state index >= 15 is 0 Å². The number of benzene rings is 2. The highest BCUT2D eigenvalue weighted by atomic mass is 32.1. The van der Waals surface area contributed by atoms with Gasteiger partial charge in [0.05, 0.1) is 17.8 Å². The van der Waals surface area contributed by atoms with Crippen LogP contribution in [0.3, 0.4) is 0 Å². The van der Waals surface area contributed by atoms with Gasteiger partial charge in [-0.05, 0) is 119 Å². The summed E-state index contributed by atoms with van der Waals surface area (Å²) in [5.74, 6) is -0.0958. The van der Waals surface area contributed by atoms with Crippen LogP contribution in [0.4, 0.5) is 17.1 Å². The van der Waals surface area contributed by atoms with Crippen LogP contribution in [-0.2, 0) is 4.79 Å². The molecule has 0 spiro atoms. The van der Waals surface area contributed by atoms with Crippen molar-refractivity contribution in [2.45, 2.75) is 60.5 Å². The minimum atomic E-state index is -0.145. The molecule has 2 unspecified atom stereocenters. The van der Waals surface area contributed by atoms with Gasteiger partial charge in [-0.15, -0.1) is 0 Å². The number of pyridine rings is 1. The third-order valence-electron chi connectivity index (χ3n) is 8.39. The van der Waals surface area contributed by atoms with Gasteiger partial charge >= 0.3 is 0 Å². The number of aromatic nitrogens is 2. The van der Waals surface area contributed by atoms with Gasteiger partial charge in [-0.25, -0.2) is 0 Å². The maximum absolute atomic E-state index is 12.4. The monoisotopic (exact) mass is 594 g/mol. The summed E-state index contributed by atoms with van der Waals surface area (Å²) in [6, 6.07) is 22.9. The van der Waals surface area contributed by atoms with E-state index in [0.717, 1.165) is 52.8 Å². The van der Waals surface area contributed by atoms with Crippen LogP contribution >= 0.6 is 12.2 Å². The Morgan fingerprint density at radius 2 is 1.70 bits per heavy atom. The quantitative estimate of drug-likeness (QED) is 0.197. The van der Waals surface area contributed by atoms with Gasteiger partial charge in [0.2, 0.25) is 5.91 Å². The number of hydrogen-bond acceptors (Lipinski definition) is 4. The third kappa shape index (κ3) is 5.89. The second-order valence-corrected chi connectivity index (χ2v) is 11.9. The minimum absolute atomic E-state index is 0.000119. The van der Waals surface area contributed by atoms with Gasteiger partial charge in [-0.1, -0.05) is 19.9 Å². The first-order chi connectivity index (χ1) is 20.6. The van der Waals surface area contributed by atoms with Crippen LogP contribution in [0.15, 0.2) is 72.9 Å². The molecule has 43 heavy (non-hydrogen) atoms. The highest BCUT2D eigenvalue weighted by Gasteiger charge is 2.42. The molecule has 2 atom stereocenters. The van der Waals surface area contributed by atoms with Crippen molar-refractivity contribution in [3.8, 4) is 5.69 Å². The summed E-state index contributed by atoms with van der Waals surface area (Å²) in [5, 5.41) is 7.28. The molecule has 0 bridgehead atoms. The molecule has 0 radical (unpaired) electrons. The fourth-order valence-electron chi connectivity index (χ4n) is 6.05. The Hall–Kier alpha value is -4.17. The van der Waals surface area contributed by atoms with Crippen molar-refractivity contribution in [3.63, 3.8) is 0 Å². The summed E-state index contributed by atoms with van der Waals surface area (Å²) in [6.45, 7) is 16.5. The first kappa shape index (κ1) is 30.3. The smallest absolute Gasteiger partial charge is 0.226 e. The fourth-order valence-corrected chi connectivity index (χ4v) is 6.40. The normalized spacial score (nSPS) is 16.5. The number of carbonyl (C=O) groups excluding carboxylic acids is 1. The van der Waals surface area contributed by atoms with Gasteiger partial charge in [-0.2, -0.15) is 0 Å². The van der Waals surface area contributed by atoms with Crippen molar-refractivity contribution in [2.75, 3.05) is 28.2 Å². The van der Waals surface area contributed by atoms with Crippen LogP contribution in [0.2, 0.25) is 0 Å². The van der Waals surface area contributed by atoms with Crippen molar-refractivity contribution in [1.29, 1.82) is 0 Å². The lowest BCUT2D eigenvalue weighted by Crippen LogP contribution is -2.29. The number of hydrogen-bond donors (Lipinski definition) is 2. The number of thiocarbonyl (C=S) groups is 1. The van der Waals surface area contributed by atoms with Crippen molar-refractivity contribution in [2.24, 2.45) is 5.92 Å². The van der Waals surface area contributed by atoms with E-state index in [1.165, 1.54) is 11.3 Å². The Bertz CT molecular complexity index is 1610. The SMILES string of the molecule is CCN(CC)c1ccc(-n2c(C)cc(C3C(c4ccccn4)NC(=S)N3c3ccc(NC(=O)C(C)C)c(C)c3)c2C)cc1. The van der Waals surface area contributed by atoms with E-state index in [0.29, 0.717) is 5.11 Å². The zero-order chi connectivity index (χ0) is 30.8. The molecule has 0 aliphatic carbocycles. The van der Waals surface area contributed by atoms with E-state index in [2.05, 4.69) is 95.2 Å². The molecular weight excluding hydrogens is 552 g/mol. The number of aryl methyl sites for hydroxylation is 2. The van der Waals surface area contributed by atoms with E-state index < -0.39 is 0 Å². The van der Waals surface area contributed by atoms with Crippen LogP contribution < -0.4 is 20.4 Å². The van der Waals surface area contributed by atoms with Crippen LogP contribution in [0.5, 0.6) is 0 Å². The van der Waals surface area contributed by atoms with Gasteiger partial charge in [0, 0.05) is 59.3 Å². The maximum atomic E-state index is 12.4. The molecule has 7 nitrogen and oxygen atoms in total. The number of anilines is 3. The standard InChI is InChI=1S/C35H42N6OS/c1-8-39(9-2)26-13-15-27(16-14-26)40-24(6)21-29(25(40)7)33-32(31-12-10-11-19-36-31)38-35(43)41(33)28-17-18-30(23(5)20-28)37-34(42)22(3)4/h10-22,32-33H,8-9H2,1-7H3,(H,37,42)(H,38,43). The second-order valence-electron chi connectivity index (χ2n) is 11.5. The molecule has 1 aliphatic rings. The zero-order valence-electron chi connectivity index (χ0n) is 26.2. The molecule has 1 fully saturated rings. The van der Waals surface area contributed by atoms with Gasteiger partial charge in [0.1, 0.15) is 0 Å². The Kier molecular flexibility index (Phi) is 8.87. The van der Waals surface area contributed by atoms with Crippen LogP contribution in [-0.4, -0.2) is 33.7 Å². The second kappa shape index (κ2) is 12.6. The first-order valence-corrected chi connectivity index (χ1v) is 15.5. The number of nitrogens with one attached hydrogen (secondary N) is 2. The molecule has 3 heterocycles. The minimum Gasteiger partial charge on any atom is -0.372 e. The number of amides is 1. The molecular formula is C35H42N6OS. The Morgan fingerprint density at radius 3 is 2.30 bits per heavy atom. The van der Waals surface area contributed by atoms with E-state index in [-0.39, 0.29) is 23.9 Å². The molecule has 1 amide bonds. The highest BCUT2D eigenvalue weighted by Crippen LogP contribution is 2.44. The average Bonchev–Trinajstić information content (AvgIpc) is 3.50. The lowest BCUT2D eigenvalue weighted by molar-refractivity contribution is -0.118. The summed E-state index contributed by atoms with van der Waals surface area (Å²) >= 11 is 6.00. The third-order valence-corrected chi connectivity index (χ3v) is 8.71. The number of carbonyl (C=O) groups is 1. The predicted molar refractivity (Wildman–Crippen MR) is 181 cm³/mol. The van der Waals surface area contributed by atoms with Crippen LogP contribution in [0.25, 0.3) is 5.69 Å². The molecule has 4 aromatic rings. The van der Waals surface area contributed by atoms with Crippen LogP contribution in [0, 0.1) is 26.7 Å². The van der Waals surface area contributed by atoms with Crippen molar-refractivity contribution in [1.82, 2.24) is 14.9 Å². The summed E-state index contributed by atoms with van der Waals surface area (Å²) in [4.78, 5) is 21.7. The van der Waals surface area contributed by atoms with Crippen molar-refractivity contribution < 1.29 is 4.79 Å². The summed E-state index contributed by atoms with van der Waals surface area (Å²) < 4.78 is 2.33. The van der Waals surface area contributed by atoms with Gasteiger partial charge in [0.25, 0.3) is 0 Å². The molecule has 2 aromatic heterocycles. The lowest BCUT2D eigenvalue weighted by Gasteiger charge is -2.29.